The lowest BCUT2D eigenvalue weighted by Crippen LogP contribution is -2.51. The van der Waals surface area contributed by atoms with Crippen molar-refractivity contribution in [3.05, 3.63) is 0 Å². The van der Waals surface area contributed by atoms with Crippen LogP contribution in [0.3, 0.4) is 0 Å². The molecule has 0 aromatic rings. The first kappa shape index (κ1) is 33.2. The monoisotopic (exact) mass is 631 g/mol. The first-order valence-electron chi connectivity index (χ1n) is 22.4. The normalized spacial score (nSPS) is 51.5. The minimum atomic E-state index is 0.677. The van der Waals surface area contributed by atoms with Crippen LogP contribution in [0.25, 0.3) is 0 Å². The Labute approximate surface area is 287 Å². The van der Waals surface area contributed by atoms with Gasteiger partial charge in [0.1, 0.15) is 0 Å². The first-order chi connectivity index (χ1) is 22.4. The highest BCUT2D eigenvalue weighted by molar-refractivity contribution is 5.19. The Morgan fingerprint density at radius 3 is 1.72 bits per heavy atom. The maximum Gasteiger partial charge on any atom is -0.0227 e. The maximum atomic E-state index is 2.72. The van der Waals surface area contributed by atoms with Crippen LogP contribution >= 0.6 is 0 Å². The molecule has 1 spiro atoms. The summed E-state index contributed by atoms with van der Waals surface area (Å²) in [7, 11) is 0. The molecule has 262 valence electrons. The maximum absolute atomic E-state index is 2.72. The van der Waals surface area contributed by atoms with Gasteiger partial charge in [0.25, 0.3) is 0 Å². The molecule has 0 aliphatic heterocycles. The fourth-order valence-corrected chi connectivity index (χ4v) is 17.8. The SMILES string of the molecule is CCC(CC)C1CC(C(CC)CC)CC2(C1)C1CC3CCCCC3CC1C1C3C(CC4C5CCCCC5CCC43)CC(C(C)C)C12. The van der Waals surface area contributed by atoms with E-state index in [-0.39, 0.29) is 0 Å². The quantitative estimate of drug-likeness (QED) is 0.262. The molecule has 46 heavy (non-hydrogen) atoms. The van der Waals surface area contributed by atoms with Crippen LogP contribution in [0.2, 0.25) is 0 Å². The Balaban J connectivity index is 1.24. The molecule has 0 saturated heterocycles. The third-order valence-electron chi connectivity index (χ3n) is 19.2. The van der Waals surface area contributed by atoms with Gasteiger partial charge in [-0.1, -0.05) is 112 Å². The van der Waals surface area contributed by atoms with Crippen molar-refractivity contribution >= 4 is 0 Å². The van der Waals surface area contributed by atoms with Gasteiger partial charge < -0.3 is 0 Å². The van der Waals surface area contributed by atoms with Crippen molar-refractivity contribution in [2.75, 3.05) is 0 Å². The minimum absolute atomic E-state index is 0.677. The summed E-state index contributed by atoms with van der Waals surface area (Å²) in [6.07, 6.45) is 33.2. The van der Waals surface area contributed by atoms with Gasteiger partial charge in [-0.2, -0.15) is 0 Å². The molecular formula is C46H78. The molecule has 8 aliphatic rings. The Kier molecular flexibility index (Phi) is 9.57. The minimum Gasteiger partial charge on any atom is -0.0651 e. The van der Waals surface area contributed by atoms with Crippen LogP contribution < -0.4 is 0 Å². The fourth-order valence-electron chi connectivity index (χ4n) is 17.8. The lowest BCUT2D eigenvalue weighted by atomic mass is 9.47. The average Bonchev–Trinajstić information content (AvgIpc) is 3.57. The first-order valence-corrected chi connectivity index (χ1v) is 22.4. The molecule has 15 atom stereocenters. The summed E-state index contributed by atoms with van der Waals surface area (Å²) in [5.74, 6) is 19.2. The lowest BCUT2D eigenvalue weighted by Gasteiger charge is -2.58. The predicted octanol–water partition coefficient (Wildman–Crippen LogP) is 13.5. The highest BCUT2D eigenvalue weighted by Crippen LogP contribution is 2.77. The van der Waals surface area contributed by atoms with E-state index in [0.29, 0.717) is 5.41 Å². The van der Waals surface area contributed by atoms with Crippen molar-refractivity contribution in [2.24, 2.45) is 112 Å². The molecule has 0 radical (unpaired) electrons. The summed E-state index contributed by atoms with van der Waals surface area (Å²) >= 11 is 0. The molecule has 0 nitrogen and oxygen atoms in total. The molecule has 8 aliphatic carbocycles. The summed E-state index contributed by atoms with van der Waals surface area (Å²) in [4.78, 5) is 0. The summed E-state index contributed by atoms with van der Waals surface area (Å²) in [5.41, 5.74) is 0.677. The third-order valence-corrected chi connectivity index (χ3v) is 19.2. The zero-order valence-corrected chi connectivity index (χ0v) is 31.7. The zero-order chi connectivity index (χ0) is 31.7. The van der Waals surface area contributed by atoms with Crippen molar-refractivity contribution in [3.63, 3.8) is 0 Å². The lowest BCUT2D eigenvalue weighted by molar-refractivity contribution is -0.0919. The van der Waals surface area contributed by atoms with Crippen molar-refractivity contribution < 1.29 is 0 Å². The second-order valence-electron chi connectivity index (χ2n) is 20.5. The van der Waals surface area contributed by atoms with Crippen LogP contribution in [0.1, 0.15) is 176 Å². The van der Waals surface area contributed by atoms with E-state index < -0.39 is 0 Å². The Hall–Kier alpha value is 0. The summed E-state index contributed by atoms with van der Waals surface area (Å²) < 4.78 is 0. The molecule has 0 amide bonds. The number of hydrogen-bond acceptors (Lipinski definition) is 0. The van der Waals surface area contributed by atoms with E-state index in [1.165, 1.54) is 25.7 Å². The van der Waals surface area contributed by atoms with Crippen LogP contribution in [0.5, 0.6) is 0 Å². The van der Waals surface area contributed by atoms with Crippen LogP contribution in [-0.4, -0.2) is 0 Å². The Morgan fingerprint density at radius 2 is 1.09 bits per heavy atom. The second kappa shape index (κ2) is 13.3. The molecule has 8 fully saturated rings. The van der Waals surface area contributed by atoms with E-state index in [4.69, 9.17) is 0 Å². The number of fused-ring (bicyclic) bond motifs is 12. The largest absolute Gasteiger partial charge is 0.0651 e. The van der Waals surface area contributed by atoms with Crippen LogP contribution in [0.15, 0.2) is 0 Å². The van der Waals surface area contributed by atoms with Gasteiger partial charge in [0.2, 0.25) is 0 Å². The Bertz CT molecular complexity index is 995. The predicted molar refractivity (Wildman–Crippen MR) is 196 cm³/mol. The summed E-state index contributed by atoms with van der Waals surface area (Å²) in [6, 6.07) is 0. The van der Waals surface area contributed by atoms with Gasteiger partial charge in [0, 0.05) is 0 Å². The number of rotatable bonds is 7. The van der Waals surface area contributed by atoms with Gasteiger partial charge in [0.05, 0.1) is 0 Å². The molecule has 0 heteroatoms. The zero-order valence-electron chi connectivity index (χ0n) is 31.7. The van der Waals surface area contributed by atoms with Crippen LogP contribution in [0, 0.1) is 112 Å². The molecule has 0 aromatic carbocycles. The van der Waals surface area contributed by atoms with Crippen LogP contribution in [-0.2, 0) is 0 Å². The summed E-state index contributed by atoms with van der Waals surface area (Å²) in [6.45, 7) is 15.7. The number of hydrogen-bond donors (Lipinski definition) is 0. The summed E-state index contributed by atoms with van der Waals surface area (Å²) in [5, 5.41) is 0. The molecule has 8 rings (SSSR count). The molecule has 0 N–H and O–H groups in total. The highest BCUT2D eigenvalue weighted by atomic mass is 14.8. The van der Waals surface area contributed by atoms with E-state index in [1.54, 1.807) is 109 Å². The molecular weight excluding hydrogens is 553 g/mol. The standard InChI is InChI=1S/C46H78/c1-7-29(8-2)35-21-36(30(9-3)10-4)27-46(26-35)42-25-33-17-12-11-16-32(33)22-41(42)44-43-34(23-39(28(5)6)45(44)46)24-40-37-18-14-13-15-31(37)19-20-38(40)43/h28-45H,7-27H2,1-6H3. The molecule has 0 aromatic heterocycles. The van der Waals surface area contributed by atoms with E-state index in [2.05, 4.69) is 41.5 Å². The highest BCUT2D eigenvalue weighted by Gasteiger charge is 2.71. The van der Waals surface area contributed by atoms with E-state index in [0.717, 1.165) is 107 Å². The molecule has 0 heterocycles. The van der Waals surface area contributed by atoms with Gasteiger partial charge >= 0.3 is 0 Å². The van der Waals surface area contributed by atoms with Crippen molar-refractivity contribution in [3.8, 4) is 0 Å². The average molecular weight is 631 g/mol. The van der Waals surface area contributed by atoms with Crippen LogP contribution in [0.4, 0.5) is 0 Å². The van der Waals surface area contributed by atoms with Gasteiger partial charge in [-0.15, -0.1) is 0 Å². The molecule has 0 bridgehead atoms. The van der Waals surface area contributed by atoms with Crippen molar-refractivity contribution in [1.29, 1.82) is 0 Å². The van der Waals surface area contributed by atoms with E-state index in [1.807, 2.05) is 0 Å². The van der Waals surface area contributed by atoms with Gasteiger partial charge in [-0.25, -0.2) is 0 Å². The smallest absolute Gasteiger partial charge is 0.0227 e. The fraction of sp³-hybridized carbons (Fsp3) is 1.00. The topological polar surface area (TPSA) is 0 Å². The second-order valence-corrected chi connectivity index (χ2v) is 20.5. The third kappa shape index (κ3) is 5.21. The van der Waals surface area contributed by atoms with Crippen molar-refractivity contribution in [2.45, 2.75) is 176 Å². The van der Waals surface area contributed by atoms with Crippen molar-refractivity contribution in [1.82, 2.24) is 0 Å². The van der Waals surface area contributed by atoms with Gasteiger partial charge in [-0.05, 0) is 176 Å². The Morgan fingerprint density at radius 1 is 0.500 bits per heavy atom. The molecule has 15 unspecified atom stereocenters. The van der Waals surface area contributed by atoms with E-state index in [9.17, 15) is 0 Å². The van der Waals surface area contributed by atoms with Gasteiger partial charge in [-0.3, -0.25) is 0 Å². The van der Waals surface area contributed by atoms with E-state index >= 15 is 0 Å². The molecule has 8 saturated carbocycles. The van der Waals surface area contributed by atoms with Gasteiger partial charge in [0.15, 0.2) is 0 Å².